The summed E-state index contributed by atoms with van der Waals surface area (Å²) in [5, 5.41) is 0. The smallest absolute Gasteiger partial charge is 0.242 e. The molecular formula is C19H17FN2O2. The highest BCUT2D eigenvalue weighted by Crippen LogP contribution is 2.45. The first-order valence-electron chi connectivity index (χ1n) is 7.92. The number of carbonyl (C=O) groups excluding carboxylic acids is 2. The van der Waals surface area contributed by atoms with Crippen LogP contribution in [0.5, 0.6) is 0 Å². The monoisotopic (exact) mass is 324 g/mol. The van der Waals surface area contributed by atoms with E-state index in [1.165, 1.54) is 29.2 Å². The van der Waals surface area contributed by atoms with Crippen molar-refractivity contribution < 1.29 is 14.0 Å². The van der Waals surface area contributed by atoms with Gasteiger partial charge in [-0.15, -0.1) is 0 Å². The van der Waals surface area contributed by atoms with Crippen LogP contribution in [0.25, 0.3) is 0 Å². The highest BCUT2D eigenvalue weighted by Gasteiger charge is 2.52. The van der Waals surface area contributed by atoms with Crippen LogP contribution in [0.1, 0.15) is 17.0 Å². The Balaban J connectivity index is 1.81. The molecule has 0 bridgehead atoms. The summed E-state index contributed by atoms with van der Waals surface area (Å²) in [5.74, 6) is -1.70. The van der Waals surface area contributed by atoms with Gasteiger partial charge in [-0.25, -0.2) is 9.29 Å². The number of amides is 2. The molecule has 0 spiro atoms. The summed E-state index contributed by atoms with van der Waals surface area (Å²) in [6.45, 7) is 2.48. The van der Waals surface area contributed by atoms with Crippen molar-refractivity contribution in [3.8, 4) is 0 Å². The molecule has 2 heterocycles. The highest BCUT2D eigenvalue weighted by atomic mass is 19.1. The number of anilines is 2. The number of hydrogen-bond donors (Lipinski definition) is 0. The van der Waals surface area contributed by atoms with Gasteiger partial charge in [0.25, 0.3) is 0 Å². The minimum atomic E-state index is -0.464. The topological polar surface area (TPSA) is 40.6 Å². The maximum atomic E-state index is 13.2. The summed E-state index contributed by atoms with van der Waals surface area (Å²) in [6.07, 6.45) is 0. The Morgan fingerprint density at radius 2 is 1.75 bits per heavy atom. The van der Waals surface area contributed by atoms with E-state index in [-0.39, 0.29) is 11.8 Å². The molecule has 0 unspecified atom stereocenters. The van der Waals surface area contributed by atoms with Gasteiger partial charge in [0, 0.05) is 19.3 Å². The molecule has 0 radical (unpaired) electrons. The summed E-state index contributed by atoms with van der Waals surface area (Å²) < 4.78 is 13.2. The third kappa shape index (κ3) is 2.04. The first-order chi connectivity index (χ1) is 11.5. The van der Waals surface area contributed by atoms with E-state index in [1.807, 2.05) is 37.1 Å². The Kier molecular flexibility index (Phi) is 3.20. The van der Waals surface area contributed by atoms with E-state index in [9.17, 15) is 14.0 Å². The molecule has 4 rings (SSSR count). The molecule has 24 heavy (non-hydrogen) atoms. The van der Waals surface area contributed by atoms with Crippen molar-refractivity contribution in [2.45, 2.75) is 12.8 Å². The lowest BCUT2D eigenvalue weighted by Gasteiger charge is -2.33. The van der Waals surface area contributed by atoms with E-state index in [1.54, 1.807) is 0 Å². The number of fused-ring (bicyclic) bond motifs is 3. The molecule has 2 aromatic rings. The van der Waals surface area contributed by atoms with Gasteiger partial charge in [-0.05, 0) is 42.8 Å². The van der Waals surface area contributed by atoms with Crippen molar-refractivity contribution in [2.75, 3.05) is 23.4 Å². The summed E-state index contributed by atoms with van der Waals surface area (Å²) in [4.78, 5) is 29.1. The van der Waals surface area contributed by atoms with Crippen LogP contribution in [0.3, 0.4) is 0 Å². The van der Waals surface area contributed by atoms with Gasteiger partial charge in [-0.2, -0.15) is 0 Å². The van der Waals surface area contributed by atoms with Crippen molar-refractivity contribution in [3.63, 3.8) is 0 Å². The van der Waals surface area contributed by atoms with Gasteiger partial charge in [0.1, 0.15) is 5.82 Å². The molecule has 0 saturated carbocycles. The SMILES string of the molecule is Cc1ccc2c(c1)[C@@H]1C(=O)N(c3ccc(F)cc3)C(=O)[C@@H]1CN2C. The average Bonchev–Trinajstić information content (AvgIpc) is 2.79. The maximum Gasteiger partial charge on any atom is 0.242 e. The molecule has 1 saturated heterocycles. The van der Waals surface area contributed by atoms with Gasteiger partial charge >= 0.3 is 0 Å². The zero-order valence-electron chi connectivity index (χ0n) is 13.5. The number of imide groups is 1. The van der Waals surface area contributed by atoms with E-state index < -0.39 is 17.7 Å². The molecule has 2 atom stereocenters. The molecule has 5 heteroatoms. The number of carbonyl (C=O) groups is 2. The molecular weight excluding hydrogens is 307 g/mol. The number of aryl methyl sites for hydroxylation is 1. The molecule has 0 aromatic heterocycles. The second-order valence-electron chi connectivity index (χ2n) is 6.52. The van der Waals surface area contributed by atoms with Gasteiger partial charge in [0.15, 0.2) is 0 Å². The lowest BCUT2D eigenvalue weighted by molar-refractivity contribution is -0.122. The van der Waals surface area contributed by atoms with Crippen LogP contribution in [0, 0.1) is 18.7 Å². The fourth-order valence-corrected chi connectivity index (χ4v) is 3.77. The van der Waals surface area contributed by atoms with Crippen molar-refractivity contribution in [2.24, 2.45) is 5.92 Å². The molecule has 0 aliphatic carbocycles. The van der Waals surface area contributed by atoms with Gasteiger partial charge < -0.3 is 4.90 Å². The standard InChI is InChI=1S/C19H17FN2O2/c1-11-3-8-16-14(9-11)17-15(10-21(16)2)18(23)22(19(17)24)13-6-4-12(20)5-7-13/h3-9,15,17H,10H2,1-2H3/t15-,17+/m1/s1. The van der Waals surface area contributed by atoms with Crippen LogP contribution in [-0.4, -0.2) is 25.4 Å². The Bertz CT molecular complexity index is 847. The first-order valence-corrected chi connectivity index (χ1v) is 7.92. The Morgan fingerprint density at radius 3 is 2.46 bits per heavy atom. The Hall–Kier alpha value is -2.69. The summed E-state index contributed by atoms with van der Waals surface area (Å²) in [5.41, 5.74) is 3.38. The lowest BCUT2D eigenvalue weighted by atomic mass is 9.82. The van der Waals surface area contributed by atoms with Crippen molar-refractivity contribution in [3.05, 3.63) is 59.4 Å². The molecule has 4 nitrogen and oxygen atoms in total. The summed E-state index contributed by atoms with van der Waals surface area (Å²) >= 11 is 0. The predicted octanol–water partition coefficient (Wildman–Crippen LogP) is 2.86. The summed E-state index contributed by atoms with van der Waals surface area (Å²) in [6, 6.07) is 11.5. The molecule has 2 amide bonds. The average molecular weight is 324 g/mol. The number of nitrogens with zero attached hydrogens (tertiary/aromatic N) is 2. The van der Waals surface area contributed by atoms with Crippen LogP contribution >= 0.6 is 0 Å². The van der Waals surface area contributed by atoms with Crippen LogP contribution in [0.2, 0.25) is 0 Å². The van der Waals surface area contributed by atoms with Gasteiger partial charge in [-0.1, -0.05) is 17.7 Å². The Morgan fingerprint density at radius 1 is 1.04 bits per heavy atom. The third-order valence-corrected chi connectivity index (χ3v) is 4.91. The lowest BCUT2D eigenvalue weighted by Crippen LogP contribution is -2.37. The van der Waals surface area contributed by atoms with E-state index in [2.05, 4.69) is 0 Å². The van der Waals surface area contributed by atoms with E-state index in [4.69, 9.17) is 0 Å². The fourth-order valence-electron chi connectivity index (χ4n) is 3.77. The number of hydrogen-bond acceptors (Lipinski definition) is 3. The number of benzene rings is 2. The highest BCUT2D eigenvalue weighted by molar-refractivity contribution is 6.24. The minimum absolute atomic E-state index is 0.212. The van der Waals surface area contributed by atoms with Crippen molar-refractivity contribution >= 4 is 23.2 Å². The Labute approximate surface area is 139 Å². The zero-order valence-corrected chi connectivity index (χ0v) is 13.5. The van der Waals surface area contributed by atoms with Crippen LogP contribution in [0.4, 0.5) is 15.8 Å². The minimum Gasteiger partial charge on any atom is -0.374 e. The molecule has 2 aliphatic rings. The molecule has 2 aromatic carbocycles. The number of rotatable bonds is 1. The summed E-state index contributed by atoms with van der Waals surface area (Å²) in [7, 11) is 1.93. The third-order valence-electron chi connectivity index (χ3n) is 4.91. The van der Waals surface area contributed by atoms with Crippen molar-refractivity contribution in [1.29, 1.82) is 0 Å². The van der Waals surface area contributed by atoms with Gasteiger partial charge in [-0.3, -0.25) is 9.59 Å². The van der Waals surface area contributed by atoms with Gasteiger partial charge in [0.2, 0.25) is 11.8 Å². The van der Waals surface area contributed by atoms with Crippen molar-refractivity contribution in [1.82, 2.24) is 0 Å². The first kappa shape index (κ1) is 14.9. The predicted molar refractivity (Wildman–Crippen MR) is 89.6 cm³/mol. The normalized spacial score (nSPS) is 22.6. The van der Waals surface area contributed by atoms with Crippen LogP contribution < -0.4 is 9.80 Å². The zero-order chi connectivity index (χ0) is 17.0. The fraction of sp³-hybridized carbons (Fsp3) is 0.263. The second-order valence-corrected chi connectivity index (χ2v) is 6.52. The van der Waals surface area contributed by atoms with E-state index >= 15 is 0 Å². The maximum absolute atomic E-state index is 13.2. The van der Waals surface area contributed by atoms with E-state index in [0.717, 1.165) is 16.8 Å². The van der Waals surface area contributed by atoms with E-state index in [0.29, 0.717) is 12.2 Å². The molecule has 0 N–H and O–H groups in total. The molecule has 1 fully saturated rings. The largest absolute Gasteiger partial charge is 0.374 e. The van der Waals surface area contributed by atoms with Gasteiger partial charge in [0.05, 0.1) is 17.5 Å². The quantitative estimate of drug-likeness (QED) is 0.758. The second kappa shape index (κ2) is 5.16. The molecule has 2 aliphatic heterocycles. The molecule has 122 valence electrons. The van der Waals surface area contributed by atoms with Crippen LogP contribution in [0.15, 0.2) is 42.5 Å². The van der Waals surface area contributed by atoms with Crippen LogP contribution in [-0.2, 0) is 9.59 Å². The number of halogens is 1.